The van der Waals surface area contributed by atoms with Gasteiger partial charge in [0.1, 0.15) is 87.4 Å². The molecular formula is C71H73F7N16O8. The van der Waals surface area contributed by atoms with Crippen molar-refractivity contribution in [3.05, 3.63) is 212 Å². The Labute approximate surface area is 579 Å². The fraction of sp³-hybridized carbons (Fsp3) is 0.282. The molecule has 0 radical (unpaired) electrons. The maximum atomic E-state index is 15.1. The molecule has 3 saturated heterocycles. The van der Waals surface area contributed by atoms with Crippen molar-refractivity contribution < 1.29 is 69.0 Å². The van der Waals surface area contributed by atoms with Gasteiger partial charge in [-0.15, -0.1) is 0 Å². The summed E-state index contributed by atoms with van der Waals surface area (Å²) in [6, 6.07) is 30.1. The zero-order valence-corrected chi connectivity index (χ0v) is 55.6. The Bertz CT molecular complexity index is 4670. The minimum atomic E-state index is -3.18. The van der Waals surface area contributed by atoms with Gasteiger partial charge in [-0.3, -0.25) is 33.7 Å². The number of nitrogen functional groups attached to an aromatic ring is 3. The number of amides is 6. The summed E-state index contributed by atoms with van der Waals surface area (Å²) in [5.41, 5.74) is 40.9. The van der Waals surface area contributed by atoms with Crippen LogP contribution in [-0.2, 0) is 35.7 Å². The van der Waals surface area contributed by atoms with E-state index in [0.29, 0.717) is 58.8 Å². The molecule has 2 unspecified atom stereocenters. The highest BCUT2D eigenvalue weighted by atomic mass is 19.3. The molecule has 6 heterocycles. The Morgan fingerprint density at radius 1 is 0.520 bits per heavy atom. The van der Waals surface area contributed by atoms with Crippen LogP contribution >= 0.6 is 0 Å². The number of carbonyl (C=O) groups is 6. The molecule has 102 heavy (non-hydrogen) atoms. The second-order valence-electron chi connectivity index (χ2n) is 24.6. The molecule has 3 aliphatic rings. The van der Waals surface area contributed by atoms with Crippen LogP contribution in [0.25, 0.3) is 33.8 Å². The van der Waals surface area contributed by atoms with Crippen molar-refractivity contribution in [3.8, 4) is 33.8 Å². The van der Waals surface area contributed by atoms with E-state index >= 15 is 13.2 Å². The van der Waals surface area contributed by atoms with Gasteiger partial charge in [-0.25, -0.2) is 44.8 Å². The number of nitrogens with zero attached hydrogens (tertiary/aromatic N) is 7. The SMILES string of the molecule is CCn1nc(-c2ccc(CNC(=O)c3cc(F)ccc3C)cc2)c(C(N)=O)c1N.Cc1ccc(F)cc1C(=O)NCc1ccc(-c2nn(C3CN(C4COC4)CCC3(F)F)c(N)c2C(N)=O)cc1F.Cc1ccccc1C(=O)NCc1ccc(-c2nn(C3COCC3(F)F)c(N)c2C(N)=O)cc1. The molecule has 0 aliphatic carbocycles. The number of aromatic nitrogens is 6. The minimum Gasteiger partial charge on any atom is -0.383 e. The largest absolute Gasteiger partial charge is 0.383 e. The fourth-order valence-electron chi connectivity index (χ4n) is 11.9. The first kappa shape index (κ1) is 73.3. The van der Waals surface area contributed by atoms with Crippen LogP contribution < -0.4 is 50.4 Å². The van der Waals surface area contributed by atoms with E-state index in [0.717, 1.165) is 38.2 Å². The van der Waals surface area contributed by atoms with Gasteiger partial charge in [-0.1, -0.05) is 91.0 Å². The highest BCUT2D eigenvalue weighted by Gasteiger charge is 2.50. The maximum Gasteiger partial charge on any atom is 0.295 e. The van der Waals surface area contributed by atoms with Crippen molar-refractivity contribution in [1.82, 2.24) is 50.2 Å². The third-order valence-electron chi connectivity index (χ3n) is 17.7. The third kappa shape index (κ3) is 15.9. The first-order valence-corrected chi connectivity index (χ1v) is 32.0. The number of rotatable bonds is 19. The maximum absolute atomic E-state index is 15.1. The van der Waals surface area contributed by atoms with Crippen LogP contribution in [0.3, 0.4) is 0 Å². The van der Waals surface area contributed by atoms with Gasteiger partial charge in [0.15, 0.2) is 0 Å². The molecule has 31 heteroatoms. The van der Waals surface area contributed by atoms with E-state index in [1.807, 2.05) is 30.9 Å². The molecule has 0 bridgehead atoms. The number of halogens is 7. The Balaban J connectivity index is 0.000000167. The van der Waals surface area contributed by atoms with Gasteiger partial charge in [0.05, 0.1) is 25.9 Å². The summed E-state index contributed by atoms with van der Waals surface area (Å²) in [7, 11) is 0. The molecule has 6 aromatic carbocycles. The smallest absolute Gasteiger partial charge is 0.295 e. The lowest BCUT2D eigenvalue weighted by Crippen LogP contribution is -2.57. The number of aryl methyl sites for hydroxylation is 4. The first-order valence-electron chi connectivity index (χ1n) is 32.0. The van der Waals surface area contributed by atoms with Gasteiger partial charge in [0, 0.05) is 84.6 Å². The molecular weight excluding hydrogens is 1340 g/mol. The summed E-state index contributed by atoms with van der Waals surface area (Å²) in [4.78, 5) is 75.2. The number of nitrogens with one attached hydrogen (secondary N) is 3. The summed E-state index contributed by atoms with van der Waals surface area (Å²) in [5, 5.41) is 21.0. The van der Waals surface area contributed by atoms with Crippen LogP contribution in [0.15, 0.2) is 127 Å². The predicted octanol–water partition coefficient (Wildman–Crippen LogP) is 8.33. The highest BCUT2D eigenvalue weighted by molar-refractivity contribution is 6.05. The van der Waals surface area contributed by atoms with E-state index in [4.69, 9.17) is 43.9 Å². The van der Waals surface area contributed by atoms with Gasteiger partial charge in [0.2, 0.25) is 0 Å². The molecule has 6 amide bonds. The number of piperidine rings is 1. The van der Waals surface area contributed by atoms with Crippen LogP contribution in [0.5, 0.6) is 0 Å². The summed E-state index contributed by atoms with van der Waals surface area (Å²) in [5.74, 6) is -12.1. The number of ether oxygens (including phenoxy) is 2. The Kier molecular flexibility index (Phi) is 22.0. The van der Waals surface area contributed by atoms with E-state index in [2.05, 4.69) is 31.2 Å². The molecule has 534 valence electrons. The molecule has 3 aromatic heterocycles. The molecule has 24 nitrogen and oxygen atoms in total. The number of alkyl halides is 4. The predicted molar refractivity (Wildman–Crippen MR) is 364 cm³/mol. The lowest BCUT2D eigenvalue weighted by molar-refractivity contribution is -0.139. The average molecular weight is 1410 g/mol. The number of hydrogen-bond donors (Lipinski definition) is 9. The topological polar surface area (TPSA) is 370 Å². The Hall–Kier alpha value is -11.4. The van der Waals surface area contributed by atoms with Crippen LogP contribution in [0.4, 0.5) is 48.2 Å². The second kappa shape index (κ2) is 30.6. The van der Waals surface area contributed by atoms with E-state index in [-0.39, 0.29) is 119 Å². The highest BCUT2D eigenvalue weighted by Crippen LogP contribution is 2.42. The molecule has 3 fully saturated rings. The van der Waals surface area contributed by atoms with Gasteiger partial charge in [0.25, 0.3) is 47.3 Å². The van der Waals surface area contributed by atoms with Crippen molar-refractivity contribution >= 4 is 52.9 Å². The van der Waals surface area contributed by atoms with E-state index < -0.39 is 78.0 Å². The molecule has 3 aliphatic heterocycles. The average Bonchev–Trinajstić information content (AvgIpc) is 1.58. The molecule has 0 saturated carbocycles. The summed E-state index contributed by atoms with van der Waals surface area (Å²) >= 11 is 0. The van der Waals surface area contributed by atoms with Crippen LogP contribution in [-0.4, -0.2) is 127 Å². The summed E-state index contributed by atoms with van der Waals surface area (Å²) in [6.07, 6.45) is -0.432. The normalized spacial score (nSPS) is 16.1. The van der Waals surface area contributed by atoms with Crippen molar-refractivity contribution in [2.45, 2.75) is 90.3 Å². The van der Waals surface area contributed by atoms with Crippen LogP contribution in [0.2, 0.25) is 0 Å². The number of carbonyl (C=O) groups excluding carboxylic acids is 6. The molecule has 15 N–H and O–H groups in total. The van der Waals surface area contributed by atoms with Crippen molar-refractivity contribution in [1.29, 1.82) is 0 Å². The number of hydrogen-bond acceptors (Lipinski definition) is 15. The lowest BCUT2D eigenvalue weighted by Gasteiger charge is -2.44. The molecule has 9 aromatic rings. The number of nitrogens with two attached hydrogens (primary N) is 6. The van der Waals surface area contributed by atoms with Crippen LogP contribution in [0.1, 0.15) is 121 Å². The summed E-state index contributed by atoms with van der Waals surface area (Å²) in [6.45, 7) is 7.93. The van der Waals surface area contributed by atoms with Crippen molar-refractivity contribution in [3.63, 3.8) is 0 Å². The fourth-order valence-corrected chi connectivity index (χ4v) is 11.9. The van der Waals surface area contributed by atoms with E-state index in [1.54, 1.807) is 80.6 Å². The van der Waals surface area contributed by atoms with Crippen LogP contribution in [0, 0.1) is 38.2 Å². The Morgan fingerprint density at radius 3 is 1.45 bits per heavy atom. The minimum absolute atomic E-state index is 0.0115. The summed E-state index contributed by atoms with van der Waals surface area (Å²) < 4.78 is 114. The number of benzene rings is 6. The first-order chi connectivity index (χ1) is 48.5. The van der Waals surface area contributed by atoms with Gasteiger partial charge < -0.3 is 59.8 Å². The molecule has 0 spiro atoms. The number of likely N-dealkylation sites (tertiary alicyclic amines) is 1. The standard InChI is InChI=1S/C27H28F4N6O3.C23H23F2N5O3.C21H22FN5O2/c1-14-2-5-17(28)9-19(14)26(39)34-10-16-4-3-15(8-20(16)29)23-22(25(33)38)24(32)37(35-23)21-11-36(18-12-40-13-18)7-6-27(21,30)31;1-13-4-2-3-5-16(13)22(32)28-10-14-6-8-15(9-7-14)19-18(21(27)31)20(26)30(29-19)17-11-33-12-23(17,24)25;1-3-27-19(23)17(20(24)28)18(26-27)14-7-5-13(6-8-14)11-25-21(29)16-10-15(22)9-4-12(16)2/h2-5,8-9,18,21H,6-7,10-13,32H2,1H3,(H2,33,38)(H,34,39);2-9,17H,10-12,26H2,1H3,(H2,27,31)(H,28,32);4-10H,3,11,23H2,1-2H3,(H2,24,28)(H,25,29). The number of primary amides is 3. The van der Waals surface area contributed by atoms with Gasteiger partial charge >= 0.3 is 0 Å². The van der Waals surface area contributed by atoms with Gasteiger partial charge in [-0.2, -0.15) is 15.3 Å². The van der Waals surface area contributed by atoms with Gasteiger partial charge in [-0.05, 0) is 91.9 Å². The molecule has 12 rings (SSSR count). The quantitative estimate of drug-likeness (QED) is 0.0344. The number of anilines is 3. The monoisotopic (exact) mass is 1410 g/mol. The lowest BCUT2D eigenvalue weighted by atomic mass is 9.98. The third-order valence-corrected chi connectivity index (χ3v) is 17.7. The van der Waals surface area contributed by atoms with Crippen molar-refractivity contribution in [2.75, 3.05) is 56.7 Å². The zero-order valence-electron chi connectivity index (χ0n) is 55.6. The van der Waals surface area contributed by atoms with E-state index in [9.17, 15) is 46.3 Å². The Morgan fingerprint density at radius 2 is 0.980 bits per heavy atom. The second-order valence-corrected chi connectivity index (χ2v) is 24.6. The zero-order chi connectivity index (χ0) is 73.6. The molecule has 2 atom stereocenters. The van der Waals surface area contributed by atoms with E-state index in [1.165, 1.54) is 41.1 Å². The van der Waals surface area contributed by atoms with Crippen molar-refractivity contribution in [2.24, 2.45) is 17.2 Å².